The van der Waals surface area contributed by atoms with Crippen LogP contribution in [0.25, 0.3) is 0 Å². The van der Waals surface area contributed by atoms with Crippen molar-refractivity contribution in [2.24, 2.45) is 11.8 Å². The average Bonchev–Trinajstić information content (AvgIpc) is 3.52. The quantitative estimate of drug-likeness (QED) is 0.490. The summed E-state index contributed by atoms with van der Waals surface area (Å²) in [5, 5.41) is 2.92. The number of aromatic nitrogens is 1. The molecule has 0 bridgehead atoms. The number of alkyl halides is 1. The van der Waals surface area contributed by atoms with E-state index >= 15 is 0 Å². The second kappa shape index (κ2) is 10.9. The van der Waals surface area contributed by atoms with Gasteiger partial charge in [-0.25, -0.2) is 4.98 Å². The van der Waals surface area contributed by atoms with Gasteiger partial charge in [-0.2, -0.15) is 0 Å². The number of ether oxygens (including phenoxy) is 3. The lowest BCUT2D eigenvalue weighted by molar-refractivity contribution is 0.0750. The molecule has 1 aliphatic heterocycles. The number of hydrogen-bond donors (Lipinski definition) is 1. The number of nitrogens with one attached hydrogen (secondary N) is 1. The zero-order valence-corrected chi connectivity index (χ0v) is 18.0. The fourth-order valence-corrected chi connectivity index (χ4v) is 3.14. The summed E-state index contributed by atoms with van der Waals surface area (Å²) in [5.74, 6) is 0.747. The fourth-order valence-electron chi connectivity index (χ4n) is 3.14. The van der Waals surface area contributed by atoms with E-state index in [1.54, 1.807) is 13.2 Å². The Labute approximate surface area is 181 Å². The molecule has 0 radical (unpaired) electrons. The molecular formula is C22H34FN3O4. The Kier molecular flexibility index (Phi) is 7.27. The van der Waals surface area contributed by atoms with Gasteiger partial charge in [0, 0.05) is 26.8 Å². The molecule has 30 heavy (non-hydrogen) atoms. The second-order valence-electron chi connectivity index (χ2n) is 8.32. The van der Waals surface area contributed by atoms with Crippen molar-refractivity contribution in [3.63, 3.8) is 0 Å². The summed E-state index contributed by atoms with van der Waals surface area (Å²) in [6.07, 6.45) is 2.15. The van der Waals surface area contributed by atoms with E-state index < -0.39 is 6.63 Å². The van der Waals surface area contributed by atoms with E-state index in [0.29, 0.717) is 18.4 Å². The Morgan fingerprint density at radius 3 is 2.80 bits per heavy atom. The zero-order valence-electron chi connectivity index (χ0n) is 20.0. The number of anilines is 1. The first-order chi connectivity index (χ1) is 15.2. The topological polar surface area (TPSA) is 72.9 Å². The number of nitrogens with zero attached hydrogens (tertiary/aromatic N) is 2. The van der Waals surface area contributed by atoms with Crippen molar-refractivity contribution in [2.45, 2.75) is 45.3 Å². The molecule has 3 rings (SSSR count). The maximum Gasteiger partial charge on any atom is 0.270 e. The molecule has 1 aromatic heterocycles. The molecule has 8 heteroatoms. The van der Waals surface area contributed by atoms with Gasteiger partial charge in [0.15, 0.2) is 0 Å². The number of halogens is 1. The maximum absolute atomic E-state index is 13.0. The molecule has 0 aromatic carbocycles. The molecule has 2 heterocycles. The lowest BCUT2D eigenvalue weighted by Gasteiger charge is -2.40. The number of hydrogen-bond acceptors (Lipinski definition) is 6. The monoisotopic (exact) mass is 425 g/mol. The van der Waals surface area contributed by atoms with E-state index in [-0.39, 0.29) is 49.3 Å². The highest BCUT2D eigenvalue weighted by atomic mass is 19.1. The molecule has 0 spiro atoms. The van der Waals surface area contributed by atoms with Crippen molar-refractivity contribution in [3.05, 3.63) is 17.8 Å². The number of pyridine rings is 1. The predicted molar refractivity (Wildman–Crippen MR) is 113 cm³/mol. The van der Waals surface area contributed by atoms with Crippen molar-refractivity contribution < 1.29 is 26.1 Å². The van der Waals surface area contributed by atoms with Crippen molar-refractivity contribution in [1.82, 2.24) is 10.3 Å². The third-order valence-corrected chi connectivity index (χ3v) is 5.51. The van der Waals surface area contributed by atoms with Gasteiger partial charge in [0.2, 0.25) is 5.88 Å². The summed E-state index contributed by atoms with van der Waals surface area (Å²) < 4.78 is 43.5. The van der Waals surface area contributed by atoms with Gasteiger partial charge in [-0.05, 0) is 43.2 Å². The van der Waals surface area contributed by atoms with E-state index in [2.05, 4.69) is 15.2 Å². The number of carbonyl (C=O) groups is 1. The Hall–Kier alpha value is -1.93. The first-order valence-corrected chi connectivity index (χ1v) is 10.7. The van der Waals surface area contributed by atoms with Gasteiger partial charge in [-0.1, -0.05) is 13.8 Å². The number of amides is 1. The first-order valence-electron chi connectivity index (χ1n) is 11.7. The van der Waals surface area contributed by atoms with Crippen LogP contribution in [-0.4, -0.2) is 69.7 Å². The van der Waals surface area contributed by atoms with Crippen molar-refractivity contribution in [2.75, 3.05) is 51.5 Å². The van der Waals surface area contributed by atoms with Gasteiger partial charge < -0.3 is 24.4 Å². The van der Waals surface area contributed by atoms with E-state index in [9.17, 15) is 9.18 Å². The third kappa shape index (κ3) is 6.28. The lowest BCUT2D eigenvalue weighted by Crippen LogP contribution is -2.52. The van der Waals surface area contributed by atoms with Gasteiger partial charge in [-0.3, -0.25) is 9.18 Å². The van der Waals surface area contributed by atoms with Gasteiger partial charge in [-0.15, -0.1) is 0 Å². The minimum absolute atomic E-state index is 0.0625. The van der Waals surface area contributed by atoms with E-state index in [0.717, 1.165) is 31.6 Å². The molecule has 1 aromatic rings. The number of methoxy groups -OCH3 is 1. The molecule has 1 saturated carbocycles. The predicted octanol–water partition coefficient (Wildman–Crippen LogP) is 2.84. The molecule has 2 fully saturated rings. The highest BCUT2D eigenvalue weighted by molar-refractivity contribution is 5.93. The van der Waals surface area contributed by atoms with Gasteiger partial charge >= 0.3 is 0 Å². The van der Waals surface area contributed by atoms with Gasteiger partial charge in [0.05, 0.1) is 34.7 Å². The van der Waals surface area contributed by atoms with Crippen molar-refractivity contribution in [3.8, 4) is 5.88 Å². The van der Waals surface area contributed by atoms with E-state index in [1.807, 2.05) is 19.9 Å². The summed E-state index contributed by atoms with van der Waals surface area (Å²) in [6, 6.07) is 3.23. The molecule has 1 N–H and O–H groups in total. The number of carbonyl (C=O) groups excluding carboxylic acids is 1. The first kappa shape index (κ1) is 20.0. The summed E-state index contributed by atoms with van der Waals surface area (Å²) in [7, 11) is 1.70. The Balaban J connectivity index is 1.62. The average molecular weight is 426 g/mol. The molecule has 7 nitrogen and oxygen atoms in total. The number of rotatable bonds is 13. The molecule has 0 unspecified atom stereocenters. The molecule has 2 aliphatic rings. The van der Waals surface area contributed by atoms with E-state index in [4.69, 9.17) is 17.0 Å². The van der Waals surface area contributed by atoms with Crippen LogP contribution in [0.1, 0.15) is 46.3 Å². The van der Waals surface area contributed by atoms with Crippen LogP contribution < -0.4 is 15.0 Å². The minimum atomic E-state index is -2.77. The van der Waals surface area contributed by atoms with Gasteiger partial charge in [0.1, 0.15) is 11.4 Å². The van der Waals surface area contributed by atoms with Crippen molar-refractivity contribution in [1.29, 1.82) is 0 Å². The highest BCUT2D eigenvalue weighted by Gasteiger charge is 2.31. The zero-order chi connectivity index (χ0) is 23.3. The summed E-state index contributed by atoms with van der Waals surface area (Å²) in [6.45, 7) is 3.33. The minimum Gasteiger partial charge on any atom is -0.476 e. The highest BCUT2D eigenvalue weighted by Crippen LogP contribution is 2.34. The third-order valence-electron chi connectivity index (χ3n) is 5.51. The summed E-state index contributed by atoms with van der Waals surface area (Å²) >= 11 is 0. The smallest absolute Gasteiger partial charge is 0.270 e. The molecule has 1 saturated heterocycles. The van der Waals surface area contributed by atoms with Crippen LogP contribution in [0.2, 0.25) is 0 Å². The van der Waals surface area contributed by atoms with E-state index in [1.165, 1.54) is 0 Å². The largest absolute Gasteiger partial charge is 0.476 e. The SMILES string of the molecule is [2H]C([2H])(F)CCOC[C@@H](NC(=O)c1ccc(N2CC(OC)C2)c(OCC2CC2)n1)C(C)C. The second-order valence-corrected chi connectivity index (χ2v) is 8.32. The molecule has 168 valence electrons. The lowest BCUT2D eigenvalue weighted by atomic mass is 10.1. The van der Waals surface area contributed by atoms with Crippen LogP contribution in [0.5, 0.6) is 5.88 Å². The van der Waals surface area contributed by atoms with Crippen LogP contribution in [0.15, 0.2) is 12.1 Å². The Morgan fingerprint density at radius 1 is 1.40 bits per heavy atom. The molecular weight excluding hydrogens is 389 g/mol. The Bertz CT molecular complexity index is 768. The fraction of sp³-hybridized carbons (Fsp3) is 0.727. The van der Waals surface area contributed by atoms with Crippen LogP contribution in [-0.2, 0) is 9.47 Å². The van der Waals surface area contributed by atoms with Crippen LogP contribution >= 0.6 is 0 Å². The molecule has 1 atom stereocenters. The van der Waals surface area contributed by atoms with Crippen molar-refractivity contribution >= 4 is 11.6 Å². The summed E-state index contributed by atoms with van der Waals surface area (Å²) in [5.41, 5.74) is 1.12. The Morgan fingerprint density at radius 2 is 2.17 bits per heavy atom. The molecule has 1 amide bonds. The normalized spacial score (nSPS) is 19.2. The van der Waals surface area contributed by atoms with Gasteiger partial charge in [0.25, 0.3) is 5.91 Å². The summed E-state index contributed by atoms with van der Waals surface area (Å²) in [4.78, 5) is 19.5. The standard InChI is InChI=1S/C22H34FN3O4/c1-15(2)19(14-29-10-4-9-23)24-21(27)18-7-8-20(26-11-17(12-26)28-3)22(25-18)30-13-16-5-6-16/h7-8,15-17,19H,4-6,9-14H2,1-3H3,(H,24,27)/t19-/m1/s1/i9D2. The molecule has 1 aliphatic carbocycles. The van der Waals surface area contributed by atoms with Crippen LogP contribution in [0.3, 0.4) is 0 Å². The van der Waals surface area contributed by atoms with Crippen LogP contribution in [0, 0.1) is 11.8 Å². The van der Waals surface area contributed by atoms with Crippen LogP contribution in [0.4, 0.5) is 10.1 Å². The maximum atomic E-state index is 13.0.